The summed E-state index contributed by atoms with van der Waals surface area (Å²) in [6.45, 7) is 12.3. The minimum absolute atomic E-state index is 0. The van der Waals surface area contributed by atoms with Crippen molar-refractivity contribution in [3.63, 3.8) is 0 Å². The van der Waals surface area contributed by atoms with Crippen LogP contribution in [0.2, 0.25) is 0 Å². The number of phenolic OH excluding ortho intramolecular Hbond substituents is 1. The number of benzene rings is 2. The normalized spacial score (nSPS) is 12.0. The van der Waals surface area contributed by atoms with Crippen molar-refractivity contribution >= 4 is 45.6 Å². The van der Waals surface area contributed by atoms with Crippen LogP contribution in [0.3, 0.4) is 0 Å². The molecule has 0 bridgehead atoms. The second-order valence-corrected chi connectivity index (χ2v) is 10.5. The number of Topliss-reactive ketones (excluding diaryl/α,β-unsaturated/α-hetero) is 1. The van der Waals surface area contributed by atoms with Crippen LogP contribution in [-0.2, 0) is 10.8 Å². The number of carbonyl (C=O) groups is 1. The second-order valence-electron chi connectivity index (χ2n) is 9.56. The van der Waals surface area contributed by atoms with Crippen molar-refractivity contribution in [2.45, 2.75) is 57.5 Å². The Morgan fingerprint density at radius 3 is 2.16 bits per heavy atom. The first kappa shape index (κ1) is 25.3. The highest BCUT2D eigenvalue weighted by Gasteiger charge is 2.27. The van der Waals surface area contributed by atoms with E-state index in [0.717, 1.165) is 27.9 Å². The Bertz CT molecular complexity index is 1060. The van der Waals surface area contributed by atoms with Crippen LogP contribution in [0.1, 0.15) is 63.0 Å². The number of hydrogen-bond donors (Lipinski definition) is 2. The number of imidazole rings is 1. The zero-order valence-electron chi connectivity index (χ0n) is 19.1. The molecule has 0 saturated heterocycles. The molecule has 7 heteroatoms. The summed E-state index contributed by atoms with van der Waals surface area (Å²) >= 11 is 1.37. The van der Waals surface area contributed by atoms with Crippen LogP contribution in [-0.4, -0.2) is 33.7 Å². The zero-order valence-corrected chi connectivity index (χ0v) is 21.7. The van der Waals surface area contributed by atoms with E-state index in [1.807, 2.05) is 71.9 Å². The number of aromatic amines is 1. The molecular weight excluding hydrogens is 476 g/mol. The molecule has 3 aromatic rings. The summed E-state index contributed by atoms with van der Waals surface area (Å²) in [6.07, 6.45) is 0. The third-order valence-electron chi connectivity index (χ3n) is 5.06. The Balaban J connectivity index is 0.00000341. The van der Waals surface area contributed by atoms with E-state index in [-0.39, 0.29) is 45.1 Å². The minimum atomic E-state index is -0.273. The number of thioether (sulfide) groups is 1. The molecule has 31 heavy (non-hydrogen) atoms. The lowest BCUT2D eigenvalue weighted by Gasteiger charge is -2.28. The number of ether oxygens (including phenoxy) is 1. The van der Waals surface area contributed by atoms with Crippen LogP contribution in [0.4, 0.5) is 0 Å². The molecule has 0 atom stereocenters. The van der Waals surface area contributed by atoms with E-state index in [1.165, 1.54) is 11.8 Å². The molecule has 3 rings (SSSR count). The average molecular weight is 507 g/mol. The Labute approximate surface area is 198 Å². The average Bonchev–Trinajstić information content (AvgIpc) is 3.06. The number of nitrogens with zero attached hydrogens (tertiary/aromatic N) is 1. The fraction of sp³-hybridized carbons (Fsp3) is 0.417. The SMILES string of the molecule is Br.COc1ccc2nc(SCC(=O)c3cc(C(C)(C)C)c(O)c(C(C)(C)C)c3)[nH]c2c1. The monoisotopic (exact) mass is 506 g/mol. The fourth-order valence-corrected chi connectivity index (χ4v) is 4.10. The molecule has 2 N–H and O–H groups in total. The van der Waals surface area contributed by atoms with Gasteiger partial charge in [0.2, 0.25) is 0 Å². The van der Waals surface area contributed by atoms with E-state index in [4.69, 9.17) is 4.74 Å². The van der Waals surface area contributed by atoms with Crippen LogP contribution in [0.25, 0.3) is 11.0 Å². The number of H-pyrrole nitrogens is 1. The molecule has 168 valence electrons. The summed E-state index contributed by atoms with van der Waals surface area (Å²) in [4.78, 5) is 20.8. The third kappa shape index (κ3) is 5.63. The van der Waals surface area contributed by atoms with Crippen molar-refractivity contribution in [2.75, 3.05) is 12.9 Å². The van der Waals surface area contributed by atoms with E-state index in [0.29, 0.717) is 10.7 Å². The van der Waals surface area contributed by atoms with Crippen molar-refractivity contribution in [1.82, 2.24) is 9.97 Å². The fourth-order valence-electron chi connectivity index (χ4n) is 3.32. The summed E-state index contributed by atoms with van der Waals surface area (Å²) in [7, 11) is 1.63. The summed E-state index contributed by atoms with van der Waals surface area (Å²) in [6, 6.07) is 9.30. The number of halogens is 1. The number of nitrogens with one attached hydrogen (secondary N) is 1. The van der Waals surface area contributed by atoms with Gasteiger partial charge in [0.1, 0.15) is 11.5 Å². The molecule has 1 heterocycles. The van der Waals surface area contributed by atoms with E-state index in [1.54, 1.807) is 7.11 Å². The van der Waals surface area contributed by atoms with E-state index >= 15 is 0 Å². The minimum Gasteiger partial charge on any atom is -0.507 e. The molecule has 0 aliphatic rings. The number of carbonyl (C=O) groups excluding carboxylic acids is 1. The lowest BCUT2D eigenvalue weighted by molar-refractivity contribution is 0.102. The van der Waals surface area contributed by atoms with Gasteiger partial charge in [0.25, 0.3) is 0 Å². The van der Waals surface area contributed by atoms with Gasteiger partial charge in [0.15, 0.2) is 10.9 Å². The van der Waals surface area contributed by atoms with Crippen LogP contribution in [0, 0.1) is 0 Å². The highest BCUT2D eigenvalue weighted by Crippen LogP contribution is 2.40. The van der Waals surface area contributed by atoms with Crippen LogP contribution in [0.15, 0.2) is 35.5 Å². The molecule has 0 saturated carbocycles. The molecular formula is C24H31BrN2O3S. The number of rotatable bonds is 5. The van der Waals surface area contributed by atoms with Gasteiger partial charge in [-0.25, -0.2) is 4.98 Å². The maximum atomic E-state index is 13.0. The van der Waals surface area contributed by atoms with E-state index < -0.39 is 0 Å². The summed E-state index contributed by atoms with van der Waals surface area (Å²) in [5.74, 6) is 1.31. The standard InChI is InChI=1S/C24H30N2O3S.BrH/c1-23(2,3)16-10-14(11-17(21(16)28)24(4,5)6)20(27)13-30-22-25-18-9-8-15(29-7)12-19(18)26-22;/h8-12,28H,13H2,1-7H3,(H,25,26);1H. The largest absolute Gasteiger partial charge is 0.507 e. The molecule has 2 aromatic carbocycles. The van der Waals surface area contributed by atoms with Crippen molar-refractivity contribution in [3.8, 4) is 11.5 Å². The quantitative estimate of drug-likeness (QED) is 0.308. The Kier molecular flexibility index (Phi) is 7.54. The molecule has 0 aliphatic heterocycles. The topological polar surface area (TPSA) is 75.2 Å². The number of hydrogen-bond acceptors (Lipinski definition) is 5. The van der Waals surface area contributed by atoms with Gasteiger partial charge < -0.3 is 14.8 Å². The van der Waals surface area contributed by atoms with Crippen molar-refractivity contribution < 1.29 is 14.6 Å². The van der Waals surface area contributed by atoms with Crippen LogP contribution < -0.4 is 4.74 Å². The molecule has 5 nitrogen and oxygen atoms in total. The number of fused-ring (bicyclic) bond motifs is 1. The molecule has 0 spiro atoms. The number of ketones is 1. The lowest BCUT2D eigenvalue weighted by Crippen LogP contribution is -2.19. The van der Waals surface area contributed by atoms with Gasteiger partial charge in [0.05, 0.1) is 23.9 Å². The Morgan fingerprint density at radius 1 is 1.06 bits per heavy atom. The Morgan fingerprint density at radius 2 is 1.65 bits per heavy atom. The Hall–Kier alpha value is -1.99. The first-order chi connectivity index (χ1) is 13.9. The maximum Gasteiger partial charge on any atom is 0.173 e. The van der Waals surface area contributed by atoms with Crippen molar-refractivity contribution in [2.24, 2.45) is 0 Å². The lowest BCUT2D eigenvalue weighted by atomic mass is 9.78. The first-order valence-electron chi connectivity index (χ1n) is 9.98. The molecule has 0 fully saturated rings. The van der Waals surface area contributed by atoms with Gasteiger partial charge in [-0.2, -0.15) is 0 Å². The zero-order chi connectivity index (χ0) is 22.3. The maximum absolute atomic E-state index is 13.0. The van der Waals surface area contributed by atoms with Crippen molar-refractivity contribution in [1.29, 1.82) is 0 Å². The molecule has 1 aromatic heterocycles. The van der Waals surface area contributed by atoms with Crippen LogP contribution >= 0.6 is 28.7 Å². The summed E-state index contributed by atoms with van der Waals surface area (Å²) < 4.78 is 5.25. The first-order valence-corrected chi connectivity index (χ1v) is 11.0. The smallest absolute Gasteiger partial charge is 0.173 e. The van der Waals surface area contributed by atoms with Gasteiger partial charge in [0, 0.05) is 22.8 Å². The molecule has 0 aliphatic carbocycles. The van der Waals surface area contributed by atoms with Crippen LogP contribution in [0.5, 0.6) is 11.5 Å². The van der Waals surface area contributed by atoms with E-state index in [2.05, 4.69) is 9.97 Å². The van der Waals surface area contributed by atoms with Crippen molar-refractivity contribution in [3.05, 3.63) is 47.0 Å². The summed E-state index contributed by atoms with van der Waals surface area (Å²) in [5, 5.41) is 11.5. The molecule has 0 amide bonds. The number of methoxy groups -OCH3 is 1. The highest BCUT2D eigenvalue weighted by molar-refractivity contribution is 8.93. The van der Waals surface area contributed by atoms with E-state index in [9.17, 15) is 9.90 Å². The van der Waals surface area contributed by atoms with Gasteiger partial charge in [-0.05, 0) is 35.1 Å². The predicted molar refractivity (Wildman–Crippen MR) is 134 cm³/mol. The number of aromatic hydroxyl groups is 1. The van der Waals surface area contributed by atoms with Gasteiger partial charge in [-0.1, -0.05) is 53.3 Å². The number of aromatic nitrogens is 2. The predicted octanol–water partition coefficient (Wildman–Crippen LogP) is 6.43. The molecule has 0 radical (unpaired) electrons. The van der Waals surface area contributed by atoms with Gasteiger partial charge in [-0.15, -0.1) is 17.0 Å². The molecule has 0 unspecified atom stereocenters. The van der Waals surface area contributed by atoms with Gasteiger partial charge in [-0.3, -0.25) is 4.79 Å². The van der Waals surface area contributed by atoms with Gasteiger partial charge >= 0.3 is 0 Å². The third-order valence-corrected chi connectivity index (χ3v) is 5.93. The number of phenols is 1. The highest BCUT2D eigenvalue weighted by atomic mass is 79.9. The summed E-state index contributed by atoms with van der Waals surface area (Å²) in [5.41, 5.74) is 3.36. The second kappa shape index (κ2) is 9.25.